The number of para-hydroxylation sites is 1. The third-order valence-corrected chi connectivity index (χ3v) is 2.91. The molecule has 1 aromatic carbocycles. The summed E-state index contributed by atoms with van der Waals surface area (Å²) in [6.07, 6.45) is 1.00. The molecule has 1 aromatic heterocycles. The van der Waals surface area contributed by atoms with Crippen LogP contribution in [0.3, 0.4) is 0 Å². The van der Waals surface area contributed by atoms with Gasteiger partial charge in [-0.25, -0.2) is 0 Å². The topological polar surface area (TPSA) is 47.1 Å². The van der Waals surface area contributed by atoms with Crippen LogP contribution in [0.5, 0.6) is 6.01 Å². The van der Waals surface area contributed by atoms with Crippen LogP contribution < -0.4 is 4.74 Å². The molecule has 1 saturated heterocycles. The van der Waals surface area contributed by atoms with Crippen LogP contribution in [0.1, 0.15) is 6.42 Å². The summed E-state index contributed by atoms with van der Waals surface area (Å²) in [5.74, 6) is 0. The number of nitrogens with one attached hydrogen (secondary N) is 1. The summed E-state index contributed by atoms with van der Waals surface area (Å²) in [7, 11) is 0. The molecule has 1 N–H and O–H groups in total. The molecule has 1 atom stereocenters. The third-order valence-electron chi connectivity index (χ3n) is 2.61. The van der Waals surface area contributed by atoms with Crippen molar-refractivity contribution in [2.24, 2.45) is 0 Å². The fourth-order valence-corrected chi connectivity index (χ4v) is 2.01. The second-order valence-electron chi connectivity index (χ2n) is 3.78. The van der Waals surface area contributed by atoms with Gasteiger partial charge in [0.2, 0.25) is 0 Å². The van der Waals surface area contributed by atoms with Crippen LogP contribution in [0.4, 0.5) is 0 Å². The van der Waals surface area contributed by atoms with E-state index >= 15 is 0 Å². The molecule has 0 amide bonds. The summed E-state index contributed by atoms with van der Waals surface area (Å²) >= 11 is 6.02. The Labute approximate surface area is 97.5 Å². The van der Waals surface area contributed by atoms with Crippen molar-refractivity contribution in [1.82, 2.24) is 9.97 Å². The standard InChI is InChI=1S/C11H11ClN2O2/c12-8-2-1-3-9-10(8)14-11(13-9)16-7-4-5-15-6-7/h1-3,7H,4-6H2,(H,13,14). The van der Waals surface area contributed by atoms with Gasteiger partial charge in [0.15, 0.2) is 0 Å². The van der Waals surface area contributed by atoms with E-state index in [0.717, 1.165) is 24.1 Å². The summed E-state index contributed by atoms with van der Waals surface area (Å²) in [4.78, 5) is 7.40. The molecule has 3 rings (SSSR count). The molecular weight excluding hydrogens is 228 g/mol. The highest BCUT2D eigenvalue weighted by atomic mass is 35.5. The number of rotatable bonds is 2. The molecule has 2 heterocycles. The van der Waals surface area contributed by atoms with E-state index in [1.54, 1.807) is 0 Å². The Morgan fingerprint density at radius 1 is 1.50 bits per heavy atom. The van der Waals surface area contributed by atoms with E-state index in [0.29, 0.717) is 17.6 Å². The zero-order valence-corrected chi connectivity index (χ0v) is 9.33. The molecule has 0 radical (unpaired) electrons. The molecule has 2 aromatic rings. The van der Waals surface area contributed by atoms with Crippen LogP contribution in [0.15, 0.2) is 18.2 Å². The summed E-state index contributed by atoms with van der Waals surface area (Å²) < 4.78 is 10.9. The Kier molecular flexibility index (Phi) is 2.46. The summed E-state index contributed by atoms with van der Waals surface area (Å²) in [6, 6.07) is 6.13. The molecule has 1 fully saturated rings. The van der Waals surface area contributed by atoms with Gasteiger partial charge in [-0.15, -0.1) is 0 Å². The highest BCUT2D eigenvalue weighted by Gasteiger charge is 2.19. The van der Waals surface area contributed by atoms with Crippen LogP contribution in [0.25, 0.3) is 11.0 Å². The molecule has 0 saturated carbocycles. The molecule has 0 bridgehead atoms. The minimum Gasteiger partial charge on any atom is -0.459 e. The van der Waals surface area contributed by atoms with Crippen molar-refractivity contribution in [1.29, 1.82) is 0 Å². The molecule has 1 aliphatic rings. The summed E-state index contributed by atoms with van der Waals surface area (Å²) in [5, 5.41) is 0.631. The molecule has 16 heavy (non-hydrogen) atoms. The largest absolute Gasteiger partial charge is 0.459 e. The average molecular weight is 239 g/mol. The van der Waals surface area contributed by atoms with E-state index in [2.05, 4.69) is 9.97 Å². The van der Waals surface area contributed by atoms with Gasteiger partial charge in [-0.05, 0) is 12.1 Å². The van der Waals surface area contributed by atoms with Gasteiger partial charge in [-0.3, -0.25) is 0 Å². The predicted octanol–water partition coefficient (Wildman–Crippen LogP) is 2.38. The van der Waals surface area contributed by atoms with Crippen LogP contribution in [-0.4, -0.2) is 29.3 Å². The van der Waals surface area contributed by atoms with Gasteiger partial charge in [-0.2, -0.15) is 4.98 Å². The fourth-order valence-electron chi connectivity index (χ4n) is 1.79. The molecular formula is C11H11ClN2O2. The maximum atomic E-state index is 6.02. The summed E-state index contributed by atoms with van der Waals surface area (Å²) in [5.41, 5.74) is 1.64. The van der Waals surface area contributed by atoms with E-state index < -0.39 is 0 Å². The molecule has 4 nitrogen and oxygen atoms in total. The van der Waals surface area contributed by atoms with E-state index in [1.165, 1.54) is 0 Å². The van der Waals surface area contributed by atoms with Gasteiger partial charge >= 0.3 is 0 Å². The first-order chi connectivity index (χ1) is 7.83. The number of imidazole rings is 1. The van der Waals surface area contributed by atoms with E-state index in [-0.39, 0.29) is 6.10 Å². The quantitative estimate of drug-likeness (QED) is 0.874. The van der Waals surface area contributed by atoms with E-state index in [9.17, 15) is 0 Å². The van der Waals surface area contributed by atoms with E-state index in [4.69, 9.17) is 21.1 Å². The van der Waals surface area contributed by atoms with E-state index in [1.807, 2.05) is 18.2 Å². The van der Waals surface area contributed by atoms with Gasteiger partial charge in [0.1, 0.15) is 11.6 Å². The van der Waals surface area contributed by atoms with Gasteiger partial charge in [0, 0.05) is 6.42 Å². The number of nitrogens with zero attached hydrogens (tertiary/aromatic N) is 1. The number of halogens is 1. The monoisotopic (exact) mass is 238 g/mol. The smallest absolute Gasteiger partial charge is 0.295 e. The predicted molar refractivity (Wildman–Crippen MR) is 61.0 cm³/mol. The van der Waals surface area contributed by atoms with Crippen LogP contribution in [-0.2, 0) is 4.74 Å². The first kappa shape index (κ1) is 9.93. The van der Waals surface area contributed by atoms with Crippen molar-refractivity contribution in [2.75, 3.05) is 13.2 Å². The van der Waals surface area contributed by atoms with Crippen LogP contribution >= 0.6 is 11.6 Å². The third kappa shape index (κ3) is 1.74. The lowest BCUT2D eigenvalue weighted by Gasteiger charge is -2.07. The number of ether oxygens (including phenoxy) is 2. The number of H-pyrrole nitrogens is 1. The lowest BCUT2D eigenvalue weighted by molar-refractivity contribution is 0.135. The van der Waals surface area contributed by atoms with Crippen molar-refractivity contribution in [3.8, 4) is 6.01 Å². The number of fused-ring (bicyclic) bond motifs is 1. The van der Waals surface area contributed by atoms with Crippen molar-refractivity contribution in [3.05, 3.63) is 23.2 Å². The fraction of sp³-hybridized carbons (Fsp3) is 0.364. The molecule has 0 aliphatic carbocycles. The number of benzene rings is 1. The van der Waals surface area contributed by atoms with Crippen molar-refractivity contribution in [2.45, 2.75) is 12.5 Å². The van der Waals surface area contributed by atoms with Gasteiger partial charge in [-0.1, -0.05) is 17.7 Å². The summed E-state index contributed by atoms with van der Waals surface area (Å²) in [6.45, 7) is 1.39. The minimum absolute atomic E-state index is 0.0966. The normalized spacial score (nSPS) is 20.4. The van der Waals surface area contributed by atoms with Crippen molar-refractivity contribution in [3.63, 3.8) is 0 Å². The Balaban J connectivity index is 1.90. The van der Waals surface area contributed by atoms with Crippen LogP contribution in [0.2, 0.25) is 5.02 Å². The second-order valence-corrected chi connectivity index (χ2v) is 4.19. The highest BCUT2D eigenvalue weighted by Crippen LogP contribution is 2.24. The zero-order chi connectivity index (χ0) is 11.0. The Morgan fingerprint density at radius 2 is 2.44 bits per heavy atom. The maximum absolute atomic E-state index is 6.02. The Morgan fingerprint density at radius 3 is 3.19 bits per heavy atom. The van der Waals surface area contributed by atoms with Gasteiger partial charge in [0.05, 0.1) is 23.8 Å². The first-order valence-corrected chi connectivity index (χ1v) is 5.59. The van der Waals surface area contributed by atoms with Crippen molar-refractivity contribution < 1.29 is 9.47 Å². The molecule has 5 heteroatoms. The van der Waals surface area contributed by atoms with Gasteiger partial charge in [0.25, 0.3) is 6.01 Å². The number of aromatic nitrogens is 2. The molecule has 84 valence electrons. The van der Waals surface area contributed by atoms with Crippen molar-refractivity contribution >= 4 is 22.6 Å². The molecule has 0 spiro atoms. The average Bonchev–Trinajstić information content (AvgIpc) is 2.88. The Bertz CT molecular complexity index is 506. The number of hydrogen-bond acceptors (Lipinski definition) is 3. The molecule has 1 unspecified atom stereocenters. The maximum Gasteiger partial charge on any atom is 0.295 e. The number of hydrogen-bond donors (Lipinski definition) is 1. The highest BCUT2D eigenvalue weighted by molar-refractivity contribution is 6.34. The second kappa shape index (κ2) is 3.96. The lowest BCUT2D eigenvalue weighted by Crippen LogP contribution is -2.16. The van der Waals surface area contributed by atoms with Crippen LogP contribution in [0, 0.1) is 0 Å². The SMILES string of the molecule is Clc1cccc2[nH]c(OC3CCOC3)nc12. The number of aromatic amines is 1. The zero-order valence-electron chi connectivity index (χ0n) is 8.57. The Hall–Kier alpha value is -1.26. The van der Waals surface area contributed by atoms with Gasteiger partial charge < -0.3 is 14.5 Å². The first-order valence-electron chi connectivity index (χ1n) is 5.21. The molecule has 1 aliphatic heterocycles. The lowest BCUT2D eigenvalue weighted by atomic mass is 10.3. The minimum atomic E-state index is 0.0966.